The second kappa shape index (κ2) is 7.18. The molecule has 0 amide bonds. The standard InChI is InChI=1S/C23H23N/c1-17-9-10-20(15-18(17)2)16-24-19(3)21-11-13-23(14-12-21)22-7-5-4-6-8-22/h4-15,24H,3,16H2,1-2H3. The molecule has 0 atom stereocenters. The monoisotopic (exact) mass is 313 g/mol. The maximum Gasteiger partial charge on any atom is 0.0400 e. The Morgan fingerprint density at radius 1 is 0.792 bits per heavy atom. The summed E-state index contributed by atoms with van der Waals surface area (Å²) in [6, 6.07) is 25.5. The number of rotatable bonds is 5. The van der Waals surface area contributed by atoms with Crippen molar-refractivity contribution in [2.45, 2.75) is 20.4 Å². The fourth-order valence-electron chi connectivity index (χ4n) is 2.72. The molecule has 3 rings (SSSR count). The second-order valence-electron chi connectivity index (χ2n) is 6.19. The van der Waals surface area contributed by atoms with Crippen LogP contribution in [0.2, 0.25) is 0 Å². The summed E-state index contributed by atoms with van der Waals surface area (Å²) >= 11 is 0. The normalized spacial score (nSPS) is 10.4. The Kier molecular flexibility index (Phi) is 4.81. The van der Waals surface area contributed by atoms with Crippen LogP contribution in [0.4, 0.5) is 0 Å². The molecule has 0 spiro atoms. The van der Waals surface area contributed by atoms with Gasteiger partial charge in [-0.2, -0.15) is 0 Å². The van der Waals surface area contributed by atoms with Crippen LogP contribution in [0, 0.1) is 13.8 Å². The predicted molar refractivity (Wildman–Crippen MR) is 104 cm³/mol. The van der Waals surface area contributed by atoms with Gasteiger partial charge in [-0.3, -0.25) is 0 Å². The third-order valence-electron chi connectivity index (χ3n) is 4.42. The molecule has 0 aliphatic rings. The lowest BCUT2D eigenvalue weighted by Crippen LogP contribution is -2.11. The maximum atomic E-state index is 4.17. The molecule has 0 aliphatic heterocycles. The molecule has 3 aromatic rings. The molecule has 0 heterocycles. The van der Waals surface area contributed by atoms with Crippen molar-refractivity contribution in [2.75, 3.05) is 0 Å². The van der Waals surface area contributed by atoms with Gasteiger partial charge in [0, 0.05) is 12.2 Å². The van der Waals surface area contributed by atoms with Crippen molar-refractivity contribution >= 4 is 5.70 Å². The number of nitrogens with one attached hydrogen (secondary N) is 1. The highest BCUT2D eigenvalue weighted by molar-refractivity contribution is 5.68. The number of benzene rings is 3. The maximum absolute atomic E-state index is 4.17. The van der Waals surface area contributed by atoms with Crippen LogP contribution >= 0.6 is 0 Å². The first-order valence-electron chi connectivity index (χ1n) is 8.28. The zero-order chi connectivity index (χ0) is 16.9. The van der Waals surface area contributed by atoms with E-state index in [2.05, 4.69) is 92.5 Å². The fourth-order valence-corrected chi connectivity index (χ4v) is 2.72. The van der Waals surface area contributed by atoms with Crippen molar-refractivity contribution < 1.29 is 0 Å². The Balaban J connectivity index is 1.66. The van der Waals surface area contributed by atoms with Crippen LogP contribution in [0.15, 0.2) is 79.4 Å². The quantitative estimate of drug-likeness (QED) is 0.634. The summed E-state index contributed by atoms with van der Waals surface area (Å²) in [5.41, 5.74) is 8.46. The molecule has 120 valence electrons. The summed E-state index contributed by atoms with van der Waals surface area (Å²) in [6.07, 6.45) is 0. The second-order valence-corrected chi connectivity index (χ2v) is 6.19. The Labute approximate surface area is 144 Å². The molecule has 0 radical (unpaired) electrons. The van der Waals surface area contributed by atoms with Gasteiger partial charge in [-0.05, 0) is 47.2 Å². The zero-order valence-corrected chi connectivity index (χ0v) is 14.3. The van der Waals surface area contributed by atoms with Gasteiger partial charge in [0.2, 0.25) is 0 Å². The highest BCUT2D eigenvalue weighted by Crippen LogP contribution is 2.21. The molecule has 1 heteroatoms. The van der Waals surface area contributed by atoms with Gasteiger partial charge < -0.3 is 5.32 Å². The predicted octanol–water partition coefficient (Wildman–Crippen LogP) is 5.73. The SMILES string of the molecule is C=C(NCc1ccc(C)c(C)c1)c1ccc(-c2ccccc2)cc1. The van der Waals surface area contributed by atoms with E-state index in [1.54, 1.807) is 0 Å². The van der Waals surface area contributed by atoms with Crippen molar-refractivity contribution in [1.82, 2.24) is 5.32 Å². The zero-order valence-electron chi connectivity index (χ0n) is 14.3. The van der Waals surface area contributed by atoms with Gasteiger partial charge in [-0.1, -0.05) is 79.4 Å². The minimum atomic E-state index is 0.792. The van der Waals surface area contributed by atoms with Crippen LogP contribution in [-0.4, -0.2) is 0 Å². The lowest BCUT2D eigenvalue weighted by molar-refractivity contribution is 0.889. The van der Waals surface area contributed by atoms with Gasteiger partial charge in [0.25, 0.3) is 0 Å². The van der Waals surface area contributed by atoms with E-state index in [-0.39, 0.29) is 0 Å². The Morgan fingerprint density at radius 3 is 2.12 bits per heavy atom. The van der Waals surface area contributed by atoms with Crippen LogP contribution < -0.4 is 5.32 Å². The van der Waals surface area contributed by atoms with Gasteiger partial charge in [-0.15, -0.1) is 0 Å². The van der Waals surface area contributed by atoms with Crippen molar-refractivity contribution in [2.24, 2.45) is 0 Å². The van der Waals surface area contributed by atoms with Gasteiger partial charge in [-0.25, -0.2) is 0 Å². The third-order valence-corrected chi connectivity index (χ3v) is 4.42. The molecule has 0 aliphatic carbocycles. The Bertz CT molecular complexity index is 830. The van der Waals surface area contributed by atoms with Crippen molar-refractivity contribution in [3.63, 3.8) is 0 Å². The molecule has 24 heavy (non-hydrogen) atoms. The van der Waals surface area contributed by atoms with E-state index < -0.39 is 0 Å². The summed E-state index contributed by atoms with van der Waals surface area (Å²) < 4.78 is 0. The van der Waals surface area contributed by atoms with Crippen LogP contribution in [0.3, 0.4) is 0 Å². The summed E-state index contributed by atoms with van der Waals surface area (Å²) in [5.74, 6) is 0. The van der Waals surface area contributed by atoms with Crippen molar-refractivity contribution in [3.05, 3.63) is 102 Å². The highest BCUT2D eigenvalue weighted by Gasteiger charge is 2.02. The fraction of sp³-hybridized carbons (Fsp3) is 0.130. The van der Waals surface area contributed by atoms with Gasteiger partial charge in [0.05, 0.1) is 0 Å². The van der Waals surface area contributed by atoms with E-state index in [0.717, 1.165) is 17.8 Å². The van der Waals surface area contributed by atoms with Crippen LogP contribution in [0.25, 0.3) is 16.8 Å². The van der Waals surface area contributed by atoms with E-state index in [1.807, 2.05) is 6.07 Å². The first kappa shape index (κ1) is 16.1. The summed E-state index contributed by atoms with van der Waals surface area (Å²) in [5, 5.41) is 3.43. The first-order valence-corrected chi connectivity index (χ1v) is 8.28. The molecule has 1 nitrogen and oxygen atoms in total. The van der Waals surface area contributed by atoms with E-state index in [4.69, 9.17) is 0 Å². The highest BCUT2D eigenvalue weighted by atomic mass is 14.9. The van der Waals surface area contributed by atoms with Gasteiger partial charge in [0.15, 0.2) is 0 Å². The molecule has 0 unspecified atom stereocenters. The Hall–Kier alpha value is -2.80. The van der Waals surface area contributed by atoms with Gasteiger partial charge in [0.1, 0.15) is 0 Å². The molecule has 3 aromatic carbocycles. The number of hydrogen-bond donors (Lipinski definition) is 1. The van der Waals surface area contributed by atoms with Crippen LogP contribution in [0.1, 0.15) is 22.3 Å². The average Bonchev–Trinajstić information content (AvgIpc) is 2.63. The number of aryl methyl sites for hydroxylation is 2. The topological polar surface area (TPSA) is 12.0 Å². The minimum absolute atomic E-state index is 0.792. The minimum Gasteiger partial charge on any atom is -0.381 e. The lowest BCUT2D eigenvalue weighted by atomic mass is 10.0. The largest absolute Gasteiger partial charge is 0.381 e. The van der Waals surface area contributed by atoms with E-state index in [1.165, 1.54) is 27.8 Å². The summed E-state index contributed by atoms with van der Waals surface area (Å²) in [4.78, 5) is 0. The van der Waals surface area contributed by atoms with Crippen LogP contribution in [0.5, 0.6) is 0 Å². The van der Waals surface area contributed by atoms with Crippen molar-refractivity contribution in [3.8, 4) is 11.1 Å². The Morgan fingerprint density at radius 2 is 1.46 bits per heavy atom. The molecule has 0 aromatic heterocycles. The lowest BCUT2D eigenvalue weighted by Gasteiger charge is -2.12. The van der Waals surface area contributed by atoms with E-state index >= 15 is 0 Å². The third kappa shape index (κ3) is 3.75. The van der Waals surface area contributed by atoms with Crippen LogP contribution in [-0.2, 0) is 6.54 Å². The average molecular weight is 313 g/mol. The summed E-state index contributed by atoms with van der Waals surface area (Å²) in [6.45, 7) is 9.25. The molecular weight excluding hydrogens is 290 g/mol. The summed E-state index contributed by atoms with van der Waals surface area (Å²) in [7, 11) is 0. The smallest absolute Gasteiger partial charge is 0.0400 e. The molecule has 0 fully saturated rings. The van der Waals surface area contributed by atoms with E-state index in [9.17, 15) is 0 Å². The van der Waals surface area contributed by atoms with Crippen molar-refractivity contribution in [1.29, 1.82) is 0 Å². The molecular formula is C23H23N. The molecule has 0 saturated heterocycles. The molecule has 0 saturated carbocycles. The number of hydrogen-bond acceptors (Lipinski definition) is 1. The first-order chi connectivity index (χ1) is 11.6. The molecule has 0 bridgehead atoms. The molecule has 1 N–H and O–H groups in total. The van der Waals surface area contributed by atoms with E-state index in [0.29, 0.717) is 0 Å². The van der Waals surface area contributed by atoms with Gasteiger partial charge >= 0.3 is 0 Å².